The number of carbonyl (C=O) groups excluding carboxylic acids is 1. The SMILES string of the molecule is CCCC(C#N)C(=O)c1ccc(C)c(Br)c1. The first-order valence-corrected chi connectivity index (χ1v) is 6.09. The quantitative estimate of drug-likeness (QED) is 0.785. The second-order valence-corrected chi connectivity index (χ2v) is 4.65. The average Bonchev–Trinajstić information content (AvgIpc) is 2.28. The van der Waals surface area contributed by atoms with Gasteiger partial charge in [-0.3, -0.25) is 4.79 Å². The van der Waals surface area contributed by atoms with Crippen LogP contribution >= 0.6 is 15.9 Å². The Kier molecular flexibility index (Phi) is 4.70. The molecule has 0 heterocycles. The summed E-state index contributed by atoms with van der Waals surface area (Å²) in [4.78, 5) is 12.0. The van der Waals surface area contributed by atoms with Gasteiger partial charge in [0.2, 0.25) is 0 Å². The van der Waals surface area contributed by atoms with E-state index in [0.29, 0.717) is 12.0 Å². The Hall–Kier alpha value is -1.14. The fraction of sp³-hybridized carbons (Fsp3) is 0.385. The lowest BCUT2D eigenvalue weighted by Crippen LogP contribution is -2.12. The summed E-state index contributed by atoms with van der Waals surface area (Å²) in [5, 5.41) is 8.93. The van der Waals surface area contributed by atoms with Crippen molar-refractivity contribution in [2.75, 3.05) is 0 Å². The molecule has 0 N–H and O–H groups in total. The molecule has 0 saturated carbocycles. The van der Waals surface area contributed by atoms with E-state index in [1.165, 1.54) is 0 Å². The topological polar surface area (TPSA) is 40.9 Å². The normalized spacial score (nSPS) is 11.9. The summed E-state index contributed by atoms with van der Waals surface area (Å²) < 4.78 is 0.909. The second kappa shape index (κ2) is 5.81. The minimum atomic E-state index is -0.514. The number of ketones is 1. The number of halogens is 1. The van der Waals surface area contributed by atoms with Gasteiger partial charge in [-0.2, -0.15) is 5.26 Å². The summed E-state index contributed by atoms with van der Waals surface area (Å²) >= 11 is 3.39. The van der Waals surface area contributed by atoms with Crippen LogP contribution < -0.4 is 0 Å². The van der Waals surface area contributed by atoms with Crippen LogP contribution in [-0.2, 0) is 0 Å². The van der Waals surface area contributed by atoms with E-state index < -0.39 is 5.92 Å². The summed E-state index contributed by atoms with van der Waals surface area (Å²) in [6.07, 6.45) is 1.47. The van der Waals surface area contributed by atoms with Gasteiger partial charge in [0.05, 0.1) is 6.07 Å². The molecule has 0 aromatic heterocycles. The molecule has 0 aliphatic rings. The first-order valence-electron chi connectivity index (χ1n) is 5.30. The van der Waals surface area contributed by atoms with E-state index in [-0.39, 0.29) is 5.78 Å². The Morgan fingerprint density at radius 3 is 2.75 bits per heavy atom. The molecule has 1 atom stereocenters. The standard InChI is InChI=1S/C13H14BrNO/c1-3-4-11(8-15)13(16)10-6-5-9(2)12(14)7-10/h5-7,11H,3-4H2,1-2H3. The number of nitrogens with zero attached hydrogens (tertiary/aromatic N) is 1. The van der Waals surface area contributed by atoms with E-state index in [1.54, 1.807) is 12.1 Å². The van der Waals surface area contributed by atoms with Crippen molar-refractivity contribution >= 4 is 21.7 Å². The second-order valence-electron chi connectivity index (χ2n) is 3.80. The van der Waals surface area contributed by atoms with Crippen LogP contribution in [0.4, 0.5) is 0 Å². The number of carbonyl (C=O) groups is 1. The minimum absolute atomic E-state index is 0.0787. The summed E-state index contributed by atoms with van der Waals surface area (Å²) in [5.74, 6) is -0.593. The van der Waals surface area contributed by atoms with Gasteiger partial charge < -0.3 is 0 Å². The maximum Gasteiger partial charge on any atom is 0.180 e. The number of aryl methyl sites for hydroxylation is 1. The maximum absolute atomic E-state index is 12.0. The molecule has 0 aliphatic carbocycles. The summed E-state index contributed by atoms with van der Waals surface area (Å²) in [6, 6.07) is 7.53. The van der Waals surface area contributed by atoms with Gasteiger partial charge in [-0.1, -0.05) is 41.4 Å². The zero-order valence-electron chi connectivity index (χ0n) is 9.46. The summed E-state index contributed by atoms with van der Waals surface area (Å²) in [5.41, 5.74) is 1.69. The van der Waals surface area contributed by atoms with Crippen LogP contribution in [0.3, 0.4) is 0 Å². The lowest BCUT2D eigenvalue weighted by atomic mass is 9.94. The van der Waals surface area contributed by atoms with Crippen molar-refractivity contribution in [3.63, 3.8) is 0 Å². The monoisotopic (exact) mass is 279 g/mol. The Morgan fingerprint density at radius 1 is 1.56 bits per heavy atom. The van der Waals surface area contributed by atoms with Crippen molar-refractivity contribution in [1.29, 1.82) is 5.26 Å². The van der Waals surface area contributed by atoms with Crippen LogP contribution in [0.1, 0.15) is 35.7 Å². The van der Waals surface area contributed by atoms with Gasteiger partial charge >= 0.3 is 0 Å². The summed E-state index contributed by atoms with van der Waals surface area (Å²) in [6.45, 7) is 3.94. The highest BCUT2D eigenvalue weighted by Gasteiger charge is 2.18. The van der Waals surface area contributed by atoms with Crippen LogP contribution in [0, 0.1) is 24.2 Å². The van der Waals surface area contributed by atoms with Crippen molar-refractivity contribution in [2.24, 2.45) is 5.92 Å². The Morgan fingerprint density at radius 2 is 2.25 bits per heavy atom. The zero-order chi connectivity index (χ0) is 12.1. The highest BCUT2D eigenvalue weighted by Crippen LogP contribution is 2.20. The third-order valence-corrected chi connectivity index (χ3v) is 3.36. The highest BCUT2D eigenvalue weighted by atomic mass is 79.9. The van der Waals surface area contributed by atoms with E-state index in [1.807, 2.05) is 19.9 Å². The van der Waals surface area contributed by atoms with Crippen LogP contribution in [0.2, 0.25) is 0 Å². The lowest BCUT2D eigenvalue weighted by molar-refractivity contribution is 0.0943. The van der Waals surface area contributed by atoms with E-state index in [0.717, 1.165) is 16.5 Å². The molecular formula is C13H14BrNO. The Labute approximate surface area is 104 Å². The molecule has 0 amide bonds. The molecule has 0 aliphatic heterocycles. The summed E-state index contributed by atoms with van der Waals surface area (Å²) in [7, 11) is 0. The molecule has 16 heavy (non-hydrogen) atoms. The smallest absolute Gasteiger partial charge is 0.180 e. The maximum atomic E-state index is 12.0. The highest BCUT2D eigenvalue weighted by molar-refractivity contribution is 9.10. The van der Waals surface area contributed by atoms with Crippen molar-refractivity contribution in [3.8, 4) is 6.07 Å². The van der Waals surface area contributed by atoms with E-state index in [4.69, 9.17) is 5.26 Å². The predicted octanol–water partition coefficient (Wildman–Crippen LogP) is 3.88. The van der Waals surface area contributed by atoms with Crippen LogP contribution in [0.25, 0.3) is 0 Å². The molecule has 1 aromatic rings. The van der Waals surface area contributed by atoms with Gasteiger partial charge in [0.15, 0.2) is 5.78 Å². The molecule has 2 nitrogen and oxygen atoms in total. The predicted molar refractivity (Wildman–Crippen MR) is 67.2 cm³/mol. The number of Topliss-reactive ketones (excluding diaryl/α,β-unsaturated/α-hetero) is 1. The first-order chi connectivity index (χ1) is 7.60. The molecule has 0 saturated heterocycles. The van der Waals surface area contributed by atoms with E-state index in [9.17, 15) is 4.79 Å². The van der Waals surface area contributed by atoms with E-state index >= 15 is 0 Å². The lowest BCUT2D eigenvalue weighted by Gasteiger charge is -2.07. The molecule has 84 valence electrons. The molecule has 0 spiro atoms. The van der Waals surface area contributed by atoms with Gasteiger partial charge in [0.1, 0.15) is 5.92 Å². The van der Waals surface area contributed by atoms with Crippen molar-refractivity contribution in [2.45, 2.75) is 26.7 Å². The molecular weight excluding hydrogens is 266 g/mol. The fourth-order valence-electron chi connectivity index (χ4n) is 1.49. The van der Waals surface area contributed by atoms with Crippen molar-refractivity contribution in [3.05, 3.63) is 33.8 Å². The molecule has 1 rings (SSSR count). The zero-order valence-corrected chi connectivity index (χ0v) is 11.0. The van der Waals surface area contributed by atoms with Crippen molar-refractivity contribution in [1.82, 2.24) is 0 Å². The molecule has 1 aromatic carbocycles. The van der Waals surface area contributed by atoms with Gasteiger partial charge in [-0.15, -0.1) is 0 Å². The molecule has 3 heteroatoms. The molecule has 0 fully saturated rings. The first kappa shape index (κ1) is 12.9. The van der Waals surface area contributed by atoms with Crippen molar-refractivity contribution < 1.29 is 4.79 Å². The molecule has 1 unspecified atom stereocenters. The Balaban J connectivity index is 2.96. The van der Waals surface area contributed by atoms with Crippen LogP contribution in [0.5, 0.6) is 0 Å². The number of nitriles is 1. The largest absolute Gasteiger partial charge is 0.293 e. The Bertz CT molecular complexity index is 434. The van der Waals surface area contributed by atoms with E-state index in [2.05, 4.69) is 22.0 Å². The number of hydrogen-bond donors (Lipinski definition) is 0. The van der Waals surface area contributed by atoms with Gasteiger partial charge in [-0.25, -0.2) is 0 Å². The van der Waals surface area contributed by atoms with Gasteiger partial charge in [-0.05, 0) is 25.0 Å². The van der Waals surface area contributed by atoms with Gasteiger partial charge in [0, 0.05) is 10.0 Å². The number of benzene rings is 1. The molecule has 0 radical (unpaired) electrons. The van der Waals surface area contributed by atoms with Gasteiger partial charge in [0.25, 0.3) is 0 Å². The molecule has 0 bridgehead atoms. The third-order valence-electron chi connectivity index (χ3n) is 2.51. The fourth-order valence-corrected chi connectivity index (χ4v) is 1.87. The van der Waals surface area contributed by atoms with Crippen LogP contribution in [-0.4, -0.2) is 5.78 Å². The van der Waals surface area contributed by atoms with Crippen LogP contribution in [0.15, 0.2) is 22.7 Å². The average molecular weight is 280 g/mol. The minimum Gasteiger partial charge on any atom is -0.293 e. The third kappa shape index (κ3) is 2.93. The number of hydrogen-bond acceptors (Lipinski definition) is 2. The number of rotatable bonds is 4.